The summed E-state index contributed by atoms with van der Waals surface area (Å²) in [7, 11) is 0. The summed E-state index contributed by atoms with van der Waals surface area (Å²) in [5.41, 5.74) is 2.73. The van der Waals surface area contributed by atoms with E-state index in [4.69, 9.17) is 4.74 Å². The first-order valence-electron chi connectivity index (χ1n) is 6.81. The first kappa shape index (κ1) is 11.1. The van der Waals surface area contributed by atoms with E-state index in [-0.39, 0.29) is 0 Å². The highest BCUT2D eigenvalue weighted by molar-refractivity contribution is 5.40. The minimum atomic E-state index is 0.391. The van der Waals surface area contributed by atoms with Crippen LogP contribution in [-0.4, -0.2) is 18.7 Å². The van der Waals surface area contributed by atoms with Gasteiger partial charge in [0, 0.05) is 12.5 Å². The molecule has 1 aromatic carbocycles. The number of piperidine rings is 1. The normalized spacial score (nSPS) is 27.6. The molecule has 1 saturated heterocycles. The second-order valence-electron chi connectivity index (χ2n) is 5.44. The summed E-state index contributed by atoms with van der Waals surface area (Å²) >= 11 is 0. The zero-order valence-corrected chi connectivity index (χ0v) is 10.5. The molecule has 0 bridgehead atoms. The van der Waals surface area contributed by atoms with Gasteiger partial charge in [0.15, 0.2) is 0 Å². The highest BCUT2D eigenvalue weighted by Gasteiger charge is 2.26. The quantitative estimate of drug-likeness (QED) is 0.845. The van der Waals surface area contributed by atoms with Crippen molar-refractivity contribution >= 4 is 0 Å². The molecule has 0 aromatic heterocycles. The largest absolute Gasteiger partial charge is 0.490 e. The lowest BCUT2D eigenvalue weighted by Gasteiger charge is -2.25. The van der Waals surface area contributed by atoms with Crippen LogP contribution in [0.25, 0.3) is 0 Å². The minimum absolute atomic E-state index is 0.391. The van der Waals surface area contributed by atoms with Crippen molar-refractivity contribution in [3.05, 3.63) is 29.3 Å². The molecule has 17 heavy (non-hydrogen) atoms. The summed E-state index contributed by atoms with van der Waals surface area (Å²) in [6, 6.07) is 7.20. The Morgan fingerprint density at radius 2 is 2.29 bits per heavy atom. The van der Waals surface area contributed by atoms with Gasteiger partial charge in [-0.2, -0.15) is 0 Å². The minimum Gasteiger partial charge on any atom is -0.490 e. The van der Waals surface area contributed by atoms with Crippen molar-refractivity contribution in [2.45, 2.75) is 51.2 Å². The molecule has 2 aliphatic rings. The number of rotatable bonds is 2. The lowest BCUT2D eigenvalue weighted by Crippen LogP contribution is -2.37. The fourth-order valence-electron chi connectivity index (χ4n) is 3.02. The highest BCUT2D eigenvalue weighted by Crippen LogP contribution is 2.31. The Hall–Kier alpha value is -1.02. The van der Waals surface area contributed by atoms with E-state index < -0.39 is 0 Å². The summed E-state index contributed by atoms with van der Waals surface area (Å²) in [5.74, 6) is 1.11. The molecule has 2 unspecified atom stereocenters. The SMILES string of the molecule is Cc1ccc2c(c1)CC(CC1CCCCN1)O2. The molecule has 0 spiro atoms. The molecule has 0 saturated carbocycles. The maximum Gasteiger partial charge on any atom is 0.123 e. The predicted octanol–water partition coefficient (Wildman–Crippen LogP) is 2.83. The molecule has 0 radical (unpaired) electrons. The van der Waals surface area contributed by atoms with Gasteiger partial charge in [0.2, 0.25) is 0 Å². The van der Waals surface area contributed by atoms with E-state index in [1.54, 1.807) is 0 Å². The van der Waals surface area contributed by atoms with Gasteiger partial charge in [0.05, 0.1) is 0 Å². The molecule has 2 heterocycles. The molecule has 0 aliphatic carbocycles. The number of benzene rings is 1. The number of nitrogens with one attached hydrogen (secondary N) is 1. The van der Waals surface area contributed by atoms with E-state index >= 15 is 0 Å². The van der Waals surface area contributed by atoms with Crippen LogP contribution >= 0.6 is 0 Å². The first-order chi connectivity index (χ1) is 8.31. The Balaban J connectivity index is 1.61. The van der Waals surface area contributed by atoms with Crippen LogP contribution in [0.15, 0.2) is 18.2 Å². The standard InChI is InChI=1S/C15H21NO/c1-11-5-6-15-12(8-11)9-14(17-15)10-13-4-2-3-7-16-13/h5-6,8,13-14,16H,2-4,7,9-10H2,1H3. The van der Waals surface area contributed by atoms with Crippen molar-refractivity contribution in [1.82, 2.24) is 5.32 Å². The molecular formula is C15H21NO. The Bertz CT molecular complexity index is 396. The number of aryl methyl sites for hydroxylation is 1. The highest BCUT2D eigenvalue weighted by atomic mass is 16.5. The van der Waals surface area contributed by atoms with Gasteiger partial charge in [-0.1, -0.05) is 24.1 Å². The number of ether oxygens (including phenoxy) is 1. The number of hydrogen-bond donors (Lipinski definition) is 1. The fourth-order valence-corrected chi connectivity index (χ4v) is 3.02. The van der Waals surface area contributed by atoms with Crippen molar-refractivity contribution in [1.29, 1.82) is 0 Å². The molecule has 1 fully saturated rings. The van der Waals surface area contributed by atoms with Crippen LogP contribution < -0.4 is 10.1 Å². The average Bonchev–Trinajstić information content (AvgIpc) is 2.71. The van der Waals surface area contributed by atoms with Crippen LogP contribution in [0.4, 0.5) is 0 Å². The zero-order valence-electron chi connectivity index (χ0n) is 10.5. The van der Waals surface area contributed by atoms with E-state index in [2.05, 4.69) is 30.4 Å². The van der Waals surface area contributed by atoms with Crippen LogP contribution in [0.2, 0.25) is 0 Å². The monoisotopic (exact) mass is 231 g/mol. The van der Waals surface area contributed by atoms with Crippen molar-refractivity contribution in [3.8, 4) is 5.75 Å². The van der Waals surface area contributed by atoms with E-state index in [0.29, 0.717) is 12.1 Å². The Kier molecular flexibility index (Phi) is 3.06. The lowest BCUT2D eigenvalue weighted by molar-refractivity contribution is 0.192. The molecule has 92 valence electrons. The summed E-state index contributed by atoms with van der Waals surface area (Å²) < 4.78 is 6.02. The lowest BCUT2D eigenvalue weighted by atomic mass is 9.97. The molecule has 1 N–H and O–H groups in total. The number of hydrogen-bond acceptors (Lipinski definition) is 2. The van der Waals surface area contributed by atoms with Gasteiger partial charge in [-0.15, -0.1) is 0 Å². The third-order valence-electron chi connectivity index (χ3n) is 3.92. The van der Waals surface area contributed by atoms with Crippen LogP contribution in [0.5, 0.6) is 5.75 Å². The Morgan fingerprint density at radius 1 is 1.35 bits per heavy atom. The van der Waals surface area contributed by atoms with Gasteiger partial charge in [0.1, 0.15) is 11.9 Å². The molecule has 2 heteroatoms. The zero-order chi connectivity index (χ0) is 11.7. The van der Waals surface area contributed by atoms with Crippen LogP contribution in [0.3, 0.4) is 0 Å². The second-order valence-corrected chi connectivity index (χ2v) is 5.44. The third kappa shape index (κ3) is 2.47. The Labute approximate surface area is 103 Å². The van der Waals surface area contributed by atoms with E-state index in [1.807, 2.05) is 0 Å². The maximum atomic E-state index is 6.02. The van der Waals surface area contributed by atoms with E-state index in [1.165, 1.54) is 36.9 Å². The molecular weight excluding hydrogens is 210 g/mol. The second kappa shape index (κ2) is 4.69. The molecule has 2 nitrogen and oxygen atoms in total. The van der Waals surface area contributed by atoms with Gasteiger partial charge in [-0.05, 0) is 44.4 Å². The molecule has 2 aliphatic heterocycles. The van der Waals surface area contributed by atoms with Crippen molar-refractivity contribution in [2.75, 3.05) is 6.54 Å². The van der Waals surface area contributed by atoms with Crippen LogP contribution in [0, 0.1) is 6.92 Å². The topological polar surface area (TPSA) is 21.3 Å². The first-order valence-corrected chi connectivity index (χ1v) is 6.81. The van der Waals surface area contributed by atoms with Gasteiger partial charge < -0.3 is 10.1 Å². The van der Waals surface area contributed by atoms with E-state index in [9.17, 15) is 0 Å². The summed E-state index contributed by atoms with van der Waals surface area (Å²) in [6.07, 6.45) is 6.66. The van der Waals surface area contributed by atoms with Gasteiger partial charge in [0.25, 0.3) is 0 Å². The Morgan fingerprint density at radius 3 is 3.12 bits per heavy atom. The summed E-state index contributed by atoms with van der Waals surface area (Å²) in [4.78, 5) is 0. The maximum absolute atomic E-state index is 6.02. The van der Waals surface area contributed by atoms with Gasteiger partial charge in [-0.3, -0.25) is 0 Å². The average molecular weight is 231 g/mol. The van der Waals surface area contributed by atoms with E-state index in [0.717, 1.165) is 18.6 Å². The molecule has 2 atom stereocenters. The van der Waals surface area contributed by atoms with Crippen molar-refractivity contribution in [3.63, 3.8) is 0 Å². The molecule has 1 aromatic rings. The van der Waals surface area contributed by atoms with Gasteiger partial charge >= 0.3 is 0 Å². The molecule has 0 amide bonds. The van der Waals surface area contributed by atoms with Crippen LogP contribution in [-0.2, 0) is 6.42 Å². The van der Waals surface area contributed by atoms with Crippen molar-refractivity contribution < 1.29 is 4.74 Å². The molecule has 3 rings (SSSR count). The van der Waals surface area contributed by atoms with Crippen LogP contribution in [0.1, 0.15) is 36.8 Å². The third-order valence-corrected chi connectivity index (χ3v) is 3.92. The summed E-state index contributed by atoms with van der Waals surface area (Å²) in [6.45, 7) is 3.33. The summed E-state index contributed by atoms with van der Waals surface area (Å²) in [5, 5.41) is 3.60. The van der Waals surface area contributed by atoms with Gasteiger partial charge in [-0.25, -0.2) is 0 Å². The number of fused-ring (bicyclic) bond motifs is 1. The smallest absolute Gasteiger partial charge is 0.123 e. The predicted molar refractivity (Wildman–Crippen MR) is 69.6 cm³/mol. The fraction of sp³-hybridized carbons (Fsp3) is 0.600. The van der Waals surface area contributed by atoms with Crippen molar-refractivity contribution in [2.24, 2.45) is 0 Å².